The number of nitrogens with zero attached hydrogens (tertiary/aromatic N) is 1. The number of carbonyl (C=O) groups is 2. The van der Waals surface area contributed by atoms with Crippen LogP contribution in [-0.4, -0.2) is 23.3 Å². The molecule has 0 aliphatic rings. The minimum atomic E-state index is -0.360. The molecule has 0 saturated heterocycles. The first-order chi connectivity index (χ1) is 12.4. The number of hydrogen-bond donors (Lipinski definition) is 1. The zero-order chi connectivity index (χ0) is 19.1. The smallest absolute Gasteiger partial charge is 0.254 e. The Balaban J connectivity index is 2.15. The zero-order valence-corrected chi connectivity index (χ0v) is 16.1. The van der Waals surface area contributed by atoms with Gasteiger partial charge in [0.2, 0.25) is 5.91 Å². The van der Waals surface area contributed by atoms with Crippen LogP contribution in [0.4, 0.5) is 4.39 Å². The van der Waals surface area contributed by atoms with Gasteiger partial charge in [-0.2, -0.15) is 0 Å². The maximum Gasteiger partial charge on any atom is 0.254 e. The molecule has 6 heteroatoms. The molecule has 2 rings (SSSR count). The summed E-state index contributed by atoms with van der Waals surface area (Å²) in [5, 5.41) is 2.70. The van der Waals surface area contributed by atoms with Gasteiger partial charge in [-0.25, -0.2) is 4.39 Å². The van der Waals surface area contributed by atoms with Crippen molar-refractivity contribution in [2.45, 2.75) is 20.0 Å². The molecule has 0 spiro atoms. The molecule has 0 unspecified atom stereocenters. The Labute approximate surface area is 160 Å². The predicted molar refractivity (Wildman–Crippen MR) is 103 cm³/mol. The fourth-order valence-electron chi connectivity index (χ4n) is 2.42. The highest BCUT2D eigenvalue weighted by molar-refractivity contribution is 9.10. The highest BCUT2D eigenvalue weighted by Crippen LogP contribution is 2.18. The van der Waals surface area contributed by atoms with Crippen LogP contribution in [0.25, 0.3) is 0 Å². The zero-order valence-electron chi connectivity index (χ0n) is 14.5. The van der Waals surface area contributed by atoms with Crippen LogP contribution >= 0.6 is 15.9 Å². The summed E-state index contributed by atoms with van der Waals surface area (Å²) < 4.78 is 14.8. The molecule has 136 valence electrons. The maximum absolute atomic E-state index is 14.0. The van der Waals surface area contributed by atoms with E-state index < -0.39 is 0 Å². The quantitative estimate of drug-likeness (QED) is 0.689. The molecule has 26 heavy (non-hydrogen) atoms. The summed E-state index contributed by atoms with van der Waals surface area (Å²) in [7, 11) is 0. The van der Waals surface area contributed by atoms with E-state index in [-0.39, 0.29) is 24.2 Å². The van der Waals surface area contributed by atoms with Crippen LogP contribution in [0.3, 0.4) is 0 Å². The molecule has 0 saturated carbocycles. The van der Waals surface area contributed by atoms with Gasteiger partial charge in [-0.15, -0.1) is 6.58 Å². The first-order valence-electron chi connectivity index (χ1n) is 8.08. The van der Waals surface area contributed by atoms with Gasteiger partial charge in [-0.3, -0.25) is 9.59 Å². The van der Waals surface area contributed by atoms with Gasteiger partial charge < -0.3 is 10.2 Å². The number of hydrogen-bond acceptors (Lipinski definition) is 2. The monoisotopic (exact) mass is 418 g/mol. The third-order valence-corrected chi connectivity index (χ3v) is 4.24. The molecular formula is C20H20BrFN2O2. The Kier molecular flexibility index (Phi) is 7.09. The van der Waals surface area contributed by atoms with Gasteiger partial charge in [-0.1, -0.05) is 34.1 Å². The summed E-state index contributed by atoms with van der Waals surface area (Å²) in [4.78, 5) is 25.3. The number of halogens is 2. The molecule has 0 fully saturated rings. The van der Waals surface area contributed by atoms with Gasteiger partial charge in [0.05, 0.1) is 0 Å². The van der Waals surface area contributed by atoms with Crippen LogP contribution in [0, 0.1) is 5.82 Å². The molecule has 2 amide bonds. The second kappa shape index (κ2) is 9.29. The molecule has 4 nitrogen and oxygen atoms in total. The molecule has 0 aliphatic carbocycles. The van der Waals surface area contributed by atoms with Crippen LogP contribution in [0.2, 0.25) is 0 Å². The second-order valence-corrected chi connectivity index (χ2v) is 6.73. The van der Waals surface area contributed by atoms with Crippen molar-refractivity contribution in [1.82, 2.24) is 10.2 Å². The van der Waals surface area contributed by atoms with Crippen molar-refractivity contribution in [2.24, 2.45) is 0 Å². The fourth-order valence-corrected chi connectivity index (χ4v) is 2.83. The summed E-state index contributed by atoms with van der Waals surface area (Å²) >= 11 is 3.32. The van der Waals surface area contributed by atoms with Crippen molar-refractivity contribution >= 4 is 27.7 Å². The molecule has 0 atom stereocenters. The molecule has 2 aromatic carbocycles. The molecular weight excluding hydrogens is 399 g/mol. The first kappa shape index (κ1) is 19.8. The summed E-state index contributed by atoms with van der Waals surface area (Å²) in [6, 6.07) is 11.6. The van der Waals surface area contributed by atoms with Crippen molar-refractivity contribution < 1.29 is 14.0 Å². The highest BCUT2D eigenvalue weighted by atomic mass is 79.9. The van der Waals surface area contributed by atoms with Crippen molar-refractivity contribution in [3.63, 3.8) is 0 Å². The lowest BCUT2D eigenvalue weighted by Crippen LogP contribution is -2.31. The number of nitrogens with one attached hydrogen (secondary N) is 1. The van der Waals surface area contributed by atoms with Crippen LogP contribution in [-0.2, 0) is 17.9 Å². The van der Waals surface area contributed by atoms with E-state index >= 15 is 0 Å². The van der Waals surface area contributed by atoms with E-state index in [9.17, 15) is 14.0 Å². The standard InChI is InChI=1S/C20H20BrFN2O2/c1-3-10-24(13-17-11-18(21)8-9-19(17)22)20(26)16-6-4-15(5-7-16)12-23-14(2)25/h3-9,11H,1,10,12-13H2,2H3,(H,23,25). The predicted octanol–water partition coefficient (Wildman–Crippen LogP) is 4.05. The van der Waals surface area contributed by atoms with E-state index in [1.807, 2.05) is 0 Å². The van der Waals surface area contributed by atoms with E-state index in [0.717, 1.165) is 10.0 Å². The molecule has 2 aromatic rings. The van der Waals surface area contributed by atoms with E-state index in [2.05, 4.69) is 27.8 Å². The van der Waals surface area contributed by atoms with Crippen molar-refractivity contribution in [2.75, 3.05) is 6.54 Å². The topological polar surface area (TPSA) is 49.4 Å². The SMILES string of the molecule is C=CCN(Cc1cc(Br)ccc1F)C(=O)c1ccc(CNC(C)=O)cc1. The summed E-state index contributed by atoms with van der Waals surface area (Å²) in [5.41, 5.74) is 1.82. The Morgan fingerprint density at radius 1 is 1.23 bits per heavy atom. The minimum absolute atomic E-state index is 0.113. The Bertz CT molecular complexity index is 806. The van der Waals surface area contributed by atoms with Crippen LogP contribution in [0.15, 0.2) is 59.6 Å². The fraction of sp³-hybridized carbons (Fsp3) is 0.200. The van der Waals surface area contributed by atoms with Crippen LogP contribution in [0.1, 0.15) is 28.4 Å². The van der Waals surface area contributed by atoms with E-state index in [1.165, 1.54) is 17.9 Å². The van der Waals surface area contributed by atoms with Gasteiger partial charge in [0.25, 0.3) is 5.91 Å². The molecule has 1 N–H and O–H groups in total. The number of benzene rings is 2. The molecule has 0 bridgehead atoms. The van der Waals surface area contributed by atoms with E-state index in [4.69, 9.17) is 0 Å². The molecule has 0 radical (unpaired) electrons. The largest absolute Gasteiger partial charge is 0.352 e. The molecule has 0 heterocycles. The average molecular weight is 419 g/mol. The van der Waals surface area contributed by atoms with Gasteiger partial charge in [0.1, 0.15) is 5.82 Å². The molecule has 0 aromatic heterocycles. The minimum Gasteiger partial charge on any atom is -0.352 e. The van der Waals surface area contributed by atoms with E-state index in [1.54, 1.807) is 42.5 Å². The van der Waals surface area contributed by atoms with E-state index in [0.29, 0.717) is 24.2 Å². The Morgan fingerprint density at radius 2 is 1.92 bits per heavy atom. The maximum atomic E-state index is 14.0. The van der Waals surface area contributed by atoms with Gasteiger partial charge in [0.15, 0.2) is 0 Å². The number of amides is 2. The van der Waals surface area contributed by atoms with Crippen LogP contribution < -0.4 is 5.32 Å². The normalized spacial score (nSPS) is 10.3. The van der Waals surface area contributed by atoms with Crippen molar-refractivity contribution in [3.05, 3.63) is 82.1 Å². The van der Waals surface area contributed by atoms with Gasteiger partial charge >= 0.3 is 0 Å². The van der Waals surface area contributed by atoms with Gasteiger partial charge in [0, 0.05) is 42.2 Å². The Morgan fingerprint density at radius 3 is 2.54 bits per heavy atom. The number of carbonyl (C=O) groups excluding carboxylic acids is 2. The number of rotatable bonds is 7. The summed E-state index contributed by atoms with van der Waals surface area (Å²) in [6.07, 6.45) is 1.61. The third kappa shape index (κ3) is 5.52. The van der Waals surface area contributed by atoms with Crippen LogP contribution in [0.5, 0.6) is 0 Å². The second-order valence-electron chi connectivity index (χ2n) is 5.82. The first-order valence-corrected chi connectivity index (χ1v) is 8.87. The van der Waals surface area contributed by atoms with Crippen molar-refractivity contribution in [1.29, 1.82) is 0 Å². The Hall–Kier alpha value is -2.47. The van der Waals surface area contributed by atoms with Gasteiger partial charge in [-0.05, 0) is 35.9 Å². The summed E-state index contributed by atoms with van der Waals surface area (Å²) in [5.74, 6) is -0.686. The lowest BCUT2D eigenvalue weighted by Gasteiger charge is -2.22. The van der Waals surface area contributed by atoms with Crippen molar-refractivity contribution in [3.8, 4) is 0 Å². The average Bonchev–Trinajstić information content (AvgIpc) is 2.62. The third-order valence-electron chi connectivity index (χ3n) is 3.75. The lowest BCUT2D eigenvalue weighted by atomic mass is 10.1. The molecule has 0 aliphatic heterocycles. The summed E-state index contributed by atoms with van der Waals surface area (Å²) in [6.45, 7) is 5.98. The highest BCUT2D eigenvalue weighted by Gasteiger charge is 2.17. The lowest BCUT2D eigenvalue weighted by molar-refractivity contribution is -0.119.